The van der Waals surface area contributed by atoms with Crippen LogP contribution in [0.4, 0.5) is 13.2 Å². The van der Waals surface area contributed by atoms with E-state index in [9.17, 15) is 22.8 Å². The van der Waals surface area contributed by atoms with E-state index in [2.05, 4.69) is 0 Å². The molecular weight excluding hydrogens is 377 g/mol. The molecule has 1 fully saturated rings. The summed E-state index contributed by atoms with van der Waals surface area (Å²) in [5.41, 5.74) is 0.931. The van der Waals surface area contributed by atoms with E-state index in [1.807, 2.05) is 24.4 Å². The first-order valence-corrected chi connectivity index (χ1v) is 9.19. The normalized spacial score (nSPS) is 15.2. The van der Waals surface area contributed by atoms with E-state index in [0.717, 1.165) is 5.56 Å². The molecular formula is C19H25F3N2O4. The van der Waals surface area contributed by atoms with Crippen molar-refractivity contribution in [3.8, 4) is 11.5 Å². The Morgan fingerprint density at radius 3 is 2.46 bits per heavy atom. The van der Waals surface area contributed by atoms with Crippen LogP contribution in [0.5, 0.6) is 11.5 Å². The molecule has 1 saturated heterocycles. The molecule has 2 amide bonds. The lowest BCUT2D eigenvalue weighted by Gasteiger charge is -2.32. The average molecular weight is 402 g/mol. The summed E-state index contributed by atoms with van der Waals surface area (Å²) in [6, 6.07) is 4.95. The minimum atomic E-state index is -4.88. The molecule has 28 heavy (non-hydrogen) atoms. The van der Waals surface area contributed by atoms with Crippen molar-refractivity contribution in [2.75, 3.05) is 26.8 Å². The lowest BCUT2D eigenvalue weighted by Crippen LogP contribution is -2.49. The first kappa shape index (κ1) is 21.8. The number of carbonyl (C=O) groups is 2. The van der Waals surface area contributed by atoms with Crippen LogP contribution in [-0.4, -0.2) is 55.7 Å². The molecule has 1 aromatic carbocycles. The number of likely N-dealkylation sites (tertiary alicyclic amines) is 1. The molecule has 0 atom stereocenters. The highest BCUT2D eigenvalue weighted by Gasteiger charge is 2.40. The number of amides is 2. The van der Waals surface area contributed by atoms with Crippen LogP contribution in [0, 0.1) is 0 Å². The molecule has 0 bridgehead atoms. The number of hydrogen-bond acceptors (Lipinski definition) is 4. The smallest absolute Gasteiger partial charge is 0.471 e. The molecule has 9 heteroatoms. The molecule has 1 N–H and O–H groups in total. The summed E-state index contributed by atoms with van der Waals surface area (Å²) in [6.45, 7) is 3.06. The second-order valence-electron chi connectivity index (χ2n) is 6.54. The predicted molar refractivity (Wildman–Crippen MR) is 96.3 cm³/mol. The predicted octanol–water partition coefficient (Wildman–Crippen LogP) is 2.70. The van der Waals surface area contributed by atoms with Gasteiger partial charge in [-0.2, -0.15) is 13.2 Å². The number of carbonyl (C=O) groups excluding carboxylic acids is 2. The maximum atomic E-state index is 12.4. The minimum Gasteiger partial charge on any atom is -0.493 e. The zero-order chi connectivity index (χ0) is 20.7. The van der Waals surface area contributed by atoms with Crippen molar-refractivity contribution in [2.24, 2.45) is 0 Å². The molecule has 156 valence electrons. The Labute approximate surface area is 162 Å². The van der Waals surface area contributed by atoms with E-state index in [1.165, 1.54) is 0 Å². The van der Waals surface area contributed by atoms with E-state index >= 15 is 0 Å². The van der Waals surface area contributed by atoms with Gasteiger partial charge in [0.1, 0.15) is 0 Å². The minimum absolute atomic E-state index is 0.0616. The number of aryl methyl sites for hydroxylation is 1. The number of nitrogens with one attached hydrogen (secondary N) is 1. The summed E-state index contributed by atoms with van der Waals surface area (Å²) in [6.07, 6.45) is -3.45. The van der Waals surface area contributed by atoms with Crippen molar-refractivity contribution >= 4 is 11.8 Å². The number of benzene rings is 1. The molecule has 1 aliphatic rings. The largest absolute Gasteiger partial charge is 0.493 e. The van der Waals surface area contributed by atoms with Crippen LogP contribution in [0.15, 0.2) is 18.2 Å². The second-order valence-corrected chi connectivity index (χ2v) is 6.54. The molecule has 1 aliphatic heterocycles. The zero-order valence-corrected chi connectivity index (χ0v) is 16.0. The Hall–Kier alpha value is -2.45. The third-order valence-corrected chi connectivity index (χ3v) is 4.60. The third kappa shape index (κ3) is 6.03. The van der Waals surface area contributed by atoms with E-state index in [-0.39, 0.29) is 12.3 Å². The average Bonchev–Trinajstić information content (AvgIpc) is 2.67. The quantitative estimate of drug-likeness (QED) is 0.762. The number of rotatable bonds is 7. The Bertz CT molecular complexity index is 686. The number of halogens is 3. The third-order valence-electron chi connectivity index (χ3n) is 4.60. The Morgan fingerprint density at radius 2 is 1.89 bits per heavy atom. The number of nitrogens with zero attached hydrogens (tertiary/aromatic N) is 1. The zero-order valence-electron chi connectivity index (χ0n) is 16.0. The van der Waals surface area contributed by atoms with Crippen LogP contribution in [0.3, 0.4) is 0 Å². The topological polar surface area (TPSA) is 67.9 Å². The summed E-state index contributed by atoms with van der Waals surface area (Å²) in [7, 11) is 1.55. The van der Waals surface area contributed by atoms with Crippen LogP contribution >= 0.6 is 0 Å². The lowest BCUT2D eigenvalue weighted by molar-refractivity contribution is -0.174. The fourth-order valence-electron chi connectivity index (χ4n) is 3.09. The highest BCUT2D eigenvalue weighted by molar-refractivity contribution is 5.82. The number of hydrogen-bond donors (Lipinski definition) is 1. The SMILES string of the molecule is CCOc1ccc(CCC(=O)N2CCC(NC(=O)C(F)(F)F)CC2)cc1OC. The van der Waals surface area contributed by atoms with Gasteiger partial charge in [0.2, 0.25) is 5.91 Å². The summed E-state index contributed by atoms with van der Waals surface area (Å²) in [5, 5.41) is 1.98. The van der Waals surface area contributed by atoms with Gasteiger partial charge in [-0.1, -0.05) is 6.07 Å². The van der Waals surface area contributed by atoms with Crippen molar-refractivity contribution in [1.29, 1.82) is 0 Å². The van der Waals surface area contributed by atoms with E-state index in [0.29, 0.717) is 50.5 Å². The number of piperidine rings is 1. The first-order chi connectivity index (χ1) is 13.2. The summed E-state index contributed by atoms with van der Waals surface area (Å²) in [5.74, 6) is -0.744. The summed E-state index contributed by atoms with van der Waals surface area (Å²) in [4.78, 5) is 25.0. The van der Waals surface area contributed by atoms with Crippen LogP contribution < -0.4 is 14.8 Å². The Kier molecular flexibility index (Phi) is 7.53. The molecule has 6 nitrogen and oxygen atoms in total. The Morgan fingerprint density at radius 1 is 1.21 bits per heavy atom. The van der Waals surface area contributed by atoms with Crippen LogP contribution in [0.2, 0.25) is 0 Å². The van der Waals surface area contributed by atoms with Gasteiger partial charge in [0.05, 0.1) is 13.7 Å². The van der Waals surface area contributed by atoms with Gasteiger partial charge in [0.25, 0.3) is 0 Å². The monoisotopic (exact) mass is 402 g/mol. The molecule has 1 aromatic rings. The molecule has 0 saturated carbocycles. The van der Waals surface area contributed by atoms with Gasteiger partial charge in [0, 0.05) is 25.6 Å². The van der Waals surface area contributed by atoms with Gasteiger partial charge >= 0.3 is 12.1 Å². The fraction of sp³-hybridized carbons (Fsp3) is 0.579. The van der Waals surface area contributed by atoms with Gasteiger partial charge < -0.3 is 19.7 Å². The summed E-state index contributed by atoms with van der Waals surface area (Å²) >= 11 is 0. The fourth-order valence-corrected chi connectivity index (χ4v) is 3.09. The van der Waals surface area contributed by atoms with E-state index in [1.54, 1.807) is 18.1 Å². The molecule has 1 heterocycles. The molecule has 0 aromatic heterocycles. The van der Waals surface area contributed by atoms with Gasteiger partial charge in [-0.3, -0.25) is 9.59 Å². The van der Waals surface area contributed by atoms with E-state index < -0.39 is 18.1 Å². The van der Waals surface area contributed by atoms with Gasteiger partial charge in [-0.25, -0.2) is 0 Å². The lowest BCUT2D eigenvalue weighted by atomic mass is 10.0. The summed E-state index contributed by atoms with van der Waals surface area (Å²) < 4.78 is 47.7. The van der Waals surface area contributed by atoms with Crippen molar-refractivity contribution < 1.29 is 32.2 Å². The van der Waals surface area contributed by atoms with Gasteiger partial charge in [-0.05, 0) is 43.9 Å². The maximum absolute atomic E-state index is 12.4. The standard InChI is InChI=1S/C19H25F3N2O4/c1-3-28-15-6-4-13(12-16(15)27-2)5-7-17(25)24-10-8-14(9-11-24)23-18(26)19(20,21)22/h4,6,12,14H,3,5,7-11H2,1-2H3,(H,23,26). The van der Waals surface area contributed by atoms with Crippen molar-refractivity contribution in [3.05, 3.63) is 23.8 Å². The molecule has 0 radical (unpaired) electrons. The van der Waals surface area contributed by atoms with Crippen molar-refractivity contribution in [1.82, 2.24) is 10.2 Å². The molecule has 2 rings (SSSR count). The molecule has 0 unspecified atom stereocenters. The number of alkyl halides is 3. The number of ether oxygens (including phenoxy) is 2. The first-order valence-electron chi connectivity index (χ1n) is 9.19. The van der Waals surface area contributed by atoms with Gasteiger partial charge in [-0.15, -0.1) is 0 Å². The molecule has 0 aliphatic carbocycles. The van der Waals surface area contributed by atoms with Crippen LogP contribution in [-0.2, 0) is 16.0 Å². The van der Waals surface area contributed by atoms with E-state index in [4.69, 9.17) is 9.47 Å². The van der Waals surface area contributed by atoms with Crippen LogP contribution in [0.1, 0.15) is 31.7 Å². The van der Waals surface area contributed by atoms with Crippen molar-refractivity contribution in [2.45, 2.75) is 44.8 Å². The highest BCUT2D eigenvalue weighted by atomic mass is 19.4. The molecule has 0 spiro atoms. The maximum Gasteiger partial charge on any atom is 0.471 e. The highest BCUT2D eigenvalue weighted by Crippen LogP contribution is 2.28. The van der Waals surface area contributed by atoms with Crippen LogP contribution in [0.25, 0.3) is 0 Å². The van der Waals surface area contributed by atoms with Gasteiger partial charge in [0.15, 0.2) is 11.5 Å². The van der Waals surface area contributed by atoms with Crippen molar-refractivity contribution in [3.63, 3.8) is 0 Å². The Balaban J connectivity index is 1.81. The number of methoxy groups -OCH3 is 1. The second kappa shape index (κ2) is 9.66.